The Morgan fingerprint density at radius 1 is 1.37 bits per heavy atom. The molecule has 6 nitrogen and oxygen atoms in total. The minimum Gasteiger partial charge on any atom is -0.492 e. The van der Waals surface area contributed by atoms with E-state index in [-0.39, 0.29) is 0 Å². The first kappa shape index (κ1) is 13.4. The summed E-state index contributed by atoms with van der Waals surface area (Å²) in [5.41, 5.74) is 7.55. The van der Waals surface area contributed by atoms with Gasteiger partial charge in [0, 0.05) is 15.6 Å². The Labute approximate surface area is 118 Å². The molecular formula is C12H12BrN3O3. The zero-order chi connectivity index (χ0) is 14.0. The molecule has 100 valence electrons. The van der Waals surface area contributed by atoms with E-state index in [1.807, 2.05) is 0 Å². The summed E-state index contributed by atoms with van der Waals surface area (Å²) in [5, 5.41) is 6.53. The number of nitrogens with two attached hydrogens (primary N) is 1. The van der Waals surface area contributed by atoms with Gasteiger partial charge in [-0.05, 0) is 22.0 Å². The van der Waals surface area contributed by atoms with Crippen molar-refractivity contribution in [3.05, 3.63) is 22.3 Å². The van der Waals surface area contributed by atoms with Crippen molar-refractivity contribution < 1.29 is 14.3 Å². The molecule has 1 heterocycles. The van der Waals surface area contributed by atoms with Gasteiger partial charge in [0.1, 0.15) is 5.82 Å². The van der Waals surface area contributed by atoms with Crippen LogP contribution in [-0.2, 0) is 0 Å². The Morgan fingerprint density at radius 3 is 2.53 bits per heavy atom. The SMILES string of the molecule is COc1c(C=O)cc(Br)c(-c2cn[nH]c2N)c1OC. The molecule has 0 atom stereocenters. The van der Waals surface area contributed by atoms with E-state index in [0.717, 1.165) is 0 Å². The molecule has 0 aliphatic heterocycles. The van der Waals surface area contributed by atoms with Crippen molar-refractivity contribution in [3.63, 3.8) is 0 Å². The zero-order valence-corrected chi connectivity index (χ0v) is 11.9. The number of nitrogen functional groups attached to an aromatic ring is 1. The zero-order valence-electron chi connectivity index (χ0n) is 10.4. The topological polar surface area (TPSA) is 90.2 Å². The van der Waals surface area contributed by atoms with Gasteiger partial charge in [-0.3, -0.25) is 9.89 Å². The van der Waals surface area contributed by atoms with E-state index in [9.17, 15) is 4.79 Å². The van der Waals surface area contributed by atoms with Gasteiger partial charge in [-0.1, -0.05) is 0 Å². The summed E-state index contributed by atoms with van der Waals surface area (Å²) in [6, 6.07) is 1.65. The van der Waals surface area contributed by atoms with Crippen LogP contribution in [0, 0.1) is 0 Å². The fourth-order valence-electron chi connectivity index (χ4n) is 1.87. The van der Waals surface area contributed by atoms with Gasteiger partial charge in [0.15, 0.2) is 17.8 Å². The van der Waals surface area contributed by atoms with Gasteiger partial charge in [0.05, 0.1) is 26.0 Å². The van der Waals surface area contributed by atoms with Gasteiger partial charge in [0.2, 0.25) is 0 Å². The standard InChI is InChI=1S/C12H12BrN3O3/c1-18-10-6(5-17)3-8(13)9(11(10)19-2)7-4-15-16-12(7)14/h3-5H,1-2H3,(H3,14,15,16). The maximum Gasteiger partial charge on any atom is 0.171 e. The normalized spacial score (nSPS) is 10.3. The van der Waals surface area contributed by atoms with E-state index >= 15 is 0 Å². The van der Waals surface area contributed by atoms with Gasteiger partial charge < -0.3 is 15.2 Å². The number of rotatable bonds is 4. The van der Waals surface area contributed by atoms with Gasteiger partial charge in [-0.25, -0.2) is 0 Å². The van der Waals surface area contributed by atoms with Gasteiger partial charge in [-0.2, -0.15) is 5.10 Å². The second-order valence-electron chi connectivity index (χ2n) is 3.70. The lowest BCUT2D eigenvalue weighted by atomic mass is 10.0. The lowest BCUT2D eigenvalue weighted by Crippen LogP contribution is -1.99. The lowest BCUT2D eigenvalue weighted by molar-refractivity contribution is 0.112. The molecule has 0 radical (unpaired) electrons. The van der Waals surface area contributed by atoms with Crippen LogP contribution in [0.4, 0.5) is 5.82 Å². The van der Waals surface area contributed by atoms with E-state index in [1.54, 1.807) is 12.3 Å². The smallest absolute Gasteiger partial charge is 0.171 e. The molecule has 0 fully saturated rings. The quantitative estimate of drug-likeness (QED) is 0.841. The second-order valence-corrected chi connectivity index (χ2v) is 4.56. The maximum atomic E-state index is 11.1. The number of methoxy groups -OCH3 is 2. The Kier molecular flexibility index (Phi) is 3.75. The fraction of sp³-hybridized carbons (Fsp3) is 0.167. The van der Waals surface area contributed by atoms with Crippen molar-refractivity contribution >= 4 is 28.0 Å². The Bertz CT molecular complexity index is 625. The lowest BCUT2D eigenvalue weighted by Gasteiger charge is -2.15. The van der Waals surface area contributed by atoms with Crippen molar-refractivity contribution in [2.24, 2.45) is 0 Å². The molecule has 19 heavy (non-hydrogen) atoms. The van der Waals surface area contributed by atoms with Crippen LogP contribution in [0.1, 0.15) is 10.4 Å². The summed E-state index contributed by atoms with van der Waals surface area (Å²) in [6.07, 6.45) is 2.28. The third-order valence-electron chi connectivity index (χ3n) is 2.69. The molecule has 3 N–H and O–H groups in total. The number of hydrogen-bond donors (Lipinski definition) is 2. The molecule has 0 amide bonds. The molecule has 0 aliphatic carbocycles. The molecule has 0 unspecified atom stereocenters. The number of nitrogens with one attached hydrogen (secondary N) is 1. The summed E-state index contributed by atoms with van der Waals surface area (Å²) in [7, 11) is 2.97. The van der Waals surface area contributed by atoms with Crippen molar-refractivity contribution in [2.45, 2.75) is 0 Å². The molecule has 0 saturated carbocycles. The number of nitrogens with zero attached hydrogens (tertiary/aromatic N) is 1. The molecule has 0 spiro atoms. The number of halogens is 1. The number of aldehydes is 1. The van der Waals surface area contributed by atoms with Crippen LogP contribution >= 0.6 is 15.9 Å². The van der Waals surface area contributed by atoms with Crippen molar-refractivity contribution in [1.29, 1.82) is 0 Å². The van der Waals surface area contributed by atoms with E-state index in [2.05, 4.69) is 26.1 Å². The highest BCUT2D eigenvalue weighted by Crippen LogP contribution is 2.46. The summed E-state index contributed by atoms with van der Waals surface area (Å²) >= 11 is 3.41. The Balaban J connectivity index is 2.81. The van der Waals surface area contributed by atoms with Gasteiger partial charge >= 0.3 is 0 Å². The van der Waals surface area contributed by atoms with Crippen LogP contribution in [0.25, 0.3) is 11.1 Å². The van der Waals surface area contributed by atoms with Crippen LogP contribution in [0.5, 0.6) is 11.5 Å². The molecule has 1 aromatic heterocycles. The molecule has 0 aliphatic rings. The highest BCUT2D eigenvalue weighted by atomic mass is 79.9. The number of carbonyl (C=O) groups excluding carboxylic acids is 1. The number of benzene rings is 1. The first-order valence-corrected chi connectivity index (χ1v) is 6.12. The summed E-state index contributed by atoms with van der Waals surface area (Å²) in [5.74, 6) is 1.18. The van der Waals surface area contributed by atoms with E-state index < -0.39 is 0 Å². The number of anilines is 1. The monoisotopic (exact) mass is 325 g/mol. The first-order chi connectivity index (χ1) is 9.13. The predicted molar refractivity (Wildman–Crippen MR) is 74.6 cm³/mol. The second kappa shape index (κ2) is 5.31. The minimum atomic E-state index is 0.358. The van der Waals surface area contributed by atoms with Crippen molar-refractivity contribution in [3.8, 4) is 22.6 Å². The van der Waals surface area contributed by atoms with Crippen LogP contribution in [0.3, 0.4) is 0 Å². The van der Waals surface area contributed by atoms with Gasteiger partial charge in [0.25, 0.3) is 0 Å². The number of carbonyl (C=O) groups is 1. The minimum absolute atomic E-state index is 0.358. The summed E-state index contributed by atoms with van der Waals surface area (Å²) < 4.78 is 11.3. The third-order valence-corrected chi connectivity index (χ3v) is 3.32. The fourth-order valence-corrected chi connectivity index (χ4v) is 2.51. The third kappa shape index (κ3) is 2.17. The number of aromatic amines is 1. The molecule has 0 saturated heterocycles. The predicted octanol–water partition coefficient (Wildman–Crippen LogP) is 2.25. The Morgan fingerprint density at radius 2 is 2.05 bits per heavy atom. The number of ether oxygens (including phenoxy) is 2. The highest BCUT2D eigenvalue weighted by Gasteiger charge is 2.22. The maximum absolute atomic E-state index is 11.1. The first-order valence-electron chi connectivity index (χ1n) is 5.32. The molecule has 0 bridgehead atoms. The highest BCUT2D eigenvalue weighted by molar-refractivity contribution is 9.10. The average Bonchev–Trinajstić information content (AvgIpc) is 2.83. The summed E-state index contributed by atoms with van der Waals surface area (Å²) in [6.45, 7) is 0. The van der Waals surface area contributed by atoms with E-state index in [0.29, 0.717) is 44.8 Å². The van der Waals surface area contributed by atoms with E-state index in [1.165, 1.54) is 14.2 Å². The van der Waals surface area contributed by atoms with Crippen LogP contribution in [-0.4, -0.2) is 30.7 Å². The van der Waals surface area contributed by atoms with Crippen LogP contribution < -0.4 is 15.2 Å². The molecular weight excluding hydrogens is 314 g/mol. The van der Waals surface area contributed by atoms with Gasteiger partial charge in [-0.15, -0.1) is 0 Å². The molecule has 1 aromatic carbocycles. The van der Waals surface area contributed by atoms with Crippen LogP contribution in [0.15, 0.2) is 16.7 Å². The van der Waals surface area contributed by atoms with Crippen molar-refractivity contribution in [2.75, 3.05) is 20.0 Å². The molecule has 7 heteroatoms. The summed E-state index contributed by atoms with van der Waals surface area (Å²) in [4.78, 5) is 11.1. The average molecular weight is 326 g/mol. The largest absolute Gasteiger partial charge is 0.492 e. The van der Waals surface area contributed by atoms with Crippen molar-refractivity contribution in [1.82, 2.24) is 10.2 Å². The number of hydrogen-bond acceptors (Lipinski definition) is 5. The van der Waals surface area contributed by atoms with Crippen LogP contribution in [0.2, 0.25) is 0 Å². The van der Waals surface area contributed by atoms with E-state index in [4.69, 9.17) is 15.2 Å². The molecule has 2 rings (SSSR count). The molecule has 2 aromatic rings. The Hall–Kier alpha value is -2.02. The number of H-pyrrole nitrogens is 1. The number of aromatic nitrogens is 2.